The van der Waals surface area contributed by atoms with Crippen LogP contribution in [-0.2, 0) is 0 Å². The van der Waals surface area contributed by atoms with Gasteiger partial charge in [0.1, 0.15) is 5.56 Å². The number of alkyl halides is 2. The predicted octanol–water partition coefficient (Wildman–Crippen LogP) is 4.83. The lowest BCUT2D eigenvalue weighted by molar-refractivity contribution is -0.385. The van der Waals surface area contributed by atoms with Gasteiger partial charge in [-0.25, -0.2) is 4.98 Å². The minimum atomic E-state index is -3.19. The third-order valence-electron chi connectivity index (χ3n) is 5.29. The maximum absolute atomic E-state index is 13.2. The minimum Gasteiger partial charge on any atom is -0.493 e. The molecule has 3 aromatic rings. The largest absolute Gasteiger partial charge is 0.493 e. The maximum Gasteiger partial charge on any atom is 0.387 e. The molecular weight excluding hydrogens is 444 g/mol. The Morgan fingerprint density at radius 2 is 2.09 bits per heavy atom. The molecule has 0 spiro atoms. The Labute approximate surface area is 185 Å². The average Bonchev–Trinajstić information content (AvgIpc) is 3.22. The number of piperidine rings is 1. The lowest BCUT2D eigenvalue weighted by atomic mass is 9.97. The molecule has 2 aromatic carbocycles. The van der Waals surface area contributed by atoms with Crippen molar-refractivity contribution in [2.24, 2.45) is 0 Å². The highest BCUT2D eigenvalue weighted by Crippen LogP contribution is 2.38. The highest BCUT2D eigenvalue weighted by Gasteiger charge is 2.32. The first kappa shape index (κ1) is 21.9. The normalized spacial score (nSPS) is 16.4. The highest BCUT2D eigenvalue weighted by atomic mass is 32.1. The molecular formula is C21H19F2N3O5S. The summed E-state index contributed by atoms with van der Waals surface area (Å²) >= 11 is 1.57. The number of benzene rings is 2. The van der Waals surface area contributed by atoms with Crippen molar-refractivity contribution in [3.63, 3.8) is 0 Å². The first-order valence-corrected chi connectivity index (χ1v) is 10.6. The number of rotatable bonds is 6. The number of likely N-dealkylation sites (tertiary alicyclic amines) is 1. The summed E-state index contributed by atoms with van der Waals surface area (Å²) in [6.45, 7) is -2.41. The van der Waals surface area contributed by atoms with Crippen LogP contribution in [0.3, 0.4) is 0 Å². The van der Waals surface area contributed by atoms with Gasteiger partial charge < -0.3 is 14.4 Å². The molecule has 0 saturated carbocycles. The highest BCUT2D eigenvalue weighted by molar-refractivity contribution is 7.18. The van der Waals surface area contributed by atoms with Crippen LogP contribution in [0.5, 0.6) is 11.5 Å². The van der Waals surface area contributed by atoms with E-state index in [-0.39, 0.29) is 17.2 Å². The predicted molar refractivity (Wildman–Crippen MR) is 114 cm³/mol. The molecule has 1 fully saturated rings. The summed E-state index contributed by atoms with van der Waals surface area (Å²) in [7, 11) is 1.21. The van der Waals surface area contributed by atoms with Crippen LogP contribution >= 0.6 is 11.3 Å². The van der Waals surface area contributed by atoms with Crippen molar-refractivity contribution < 1.29 is 28.0 Å². The molecule has 4 rings (SSSR count). The first-order valence-electron chi connectivity index (χ1n) is 9.83. The Hall–Kier alpha value is -3.34. The van der Waals surface area contributed by atoms with E-state index in [1.54, 1.807) is 11.3 Å². The van der Waals surface area contributed by atoms with Crippen molar-refractivity contribution in [1.29, 1.82) is 0 Å². The molecule has 0 radical (unpaired) electrons. The first-order chi connectivity index (χ1) is 15.4. The van der Waals surface area contributed by atoms with Gasteiger partial charge in [0.05, 0.1) is 33.3 Å². The van der Waals surface area contributed by atoms with Gasteiger partial charge in [0.25, 0.3) is 11.6 Å². The summed E-state index contributed by atoms with van der Waals surface area (Å²) in [5.41, 5.74) is 0.0397. The Balaban J connectivity index is 1.63. The van der Waals surface area contributed by atoms with E-state index in [4.69, 9.17) is 4.74 Å². The molecule has 1 aliphatic rings. The third-order valence-corrected chi connectivity index (χ3v) is 6.49. The average molecular weight is 463 g/mol. The smallest absolute Gasteiger partial charge is 0.387 e. The summed E-state index contributed by atoms with van der Waals surface area (Å²) in [6.07, 6.45) is 1.56. The number of ether oxygens (including phenoxy) is 2. The number of nitrogens with zero attached hydrogens (tertiary/aromatic N) is 3. The van der Waals surface area contributed by atoms with Gasteiger partial charge >= 0.3 is 6.61 Å². The standard InChI is InChI=1S/C21H19F2N3O5S/c1-30-16-9-13(15(26(28)29)10-17(16)31-21(22)23)20(27)25-8-4-5-12(11-25)19-24-14-6-2-3-7-18(14)32-19/h2-3,6-7,9-10,12,21H,4-5,8,11H2,1H3/t12-/m0/s1. The zero-order chi connectivity index (χ0) is 22.8. The lowest BCUT2D eigenvalue weighted by Crippen LogP contribution is -2.39. The third kappa shape index (κ3) is 4.33. The van der Waals surface area contributed by atoms with Crippen LogP contribution in [0.25, 0.3) is 10.2 Å². The molecule has 0 N–H and O–H groups in total. The summed E-state index contributed by atoms with van der Waals surface area (Å²) in [6, 6.07) is 9.65. The van der Waals surface area contributed by atoms with Crippen molar-refractivity contribution in [3.8, 4) is 11.5 Å². The number of thiazole rings is 1. The number of carbonyl (C=O) groups excluding carboxylic acids is 1. The molecule has 168 valence electrons. The number of nitro groups is 1. The van der Waals surface area contributed by atoms with Gasteiger partial charge in [0.15, 0.2) is 11.5 Å². The molecule has 0 bridgehead atoms. The van der Waals surface area contributed by atoms with Gasteiger partial charge in [0.2, 0.25) is 0 Å². The number of aromatic nitrogens is 1. The van der Waals surface area contributed by atoms with Crippen LogP contribution in [0, 0.1) is 10.1 Å². The Morgan fingerprint density at radius 1 is 1.31 bits per heavy atom. The molecule has 1 amide bonds. The van der Waals surface area contributed by atoms with Gasteiger partial charge in [-0.3, -0.25) is 14.9 Å². The van der Waals surface area contributed by atoms with Gasteiger partial charge in [-0.05, 0) is 25.0 Å². The molecule has 2 heterocycles. The number of hydrogen-bond donors (Lipinski definition) is 0. The number of amides is 1. The van der Waals surface area contributed by atoms with Crippen LogP contribution in [0.15, 0.2) is 36.4 Å². The molecule has 32 heavy (non-hydrogen) atoms. The molecule has 8 nitrogen and oxygen atoms in total. The Kier molecular flexibility index (Phi) is 6.17. The summed E-state index contributed by atoms with van der Waals surface area (Å²) < 4.78 is 35.7. The maximum atomic E-state index is 13.2. The molecule has 0 aliphatic carbocycles. The van der Waals surface area contributed by atoms with Gasteiger partial charge in [0, 0.05) is 25.1 Å². The van der Waals surface area contributed by atoms with Crippen LogP contribution in [0.4, 0.5) is 14.5 Å². The summed E-state index contributed by atoms with van der Waals surface area (Å²) in [4.78, 5) is 30.2. The number of carbonyl (C=O) groups is 1. The number of hydrogen-bond acceptors (Lipinski definition) is 7. The molecule has 1 aromatic heterocycles. The van der Waals surface area contributed by atoms with E-state index in [2.05, 4.69) is 9.72 Å². The molecule has 1 saturated heterocycles. The fourth-order valence-electron chi connectivity index (χ4n) is 3.82. The number of nitro benzene ring substituents is 1. The van der Waals surface area contributed by atoms with Crippen LogP contribution < -0.4 is 9.47 Å². The number of halogens is 2. The van der Waals surface area contributed by atoms with Gasteiger partial charge in [-0.1, -0.05) is 12.1 Å². The second kappa shape index (κ2) is 9.03. The van der Waals surface area contributed by atoms with Crippen molar-refractivity contribution in [2.75, 3.05) is 20.2 Å². The Bertz CT molecular complexity index is 1140. The number of methoxy groups -OCH3 is 1. The zero-order valence-corrected chi connectivity index (χ0v) is 17.8. The summed E-state index contributed by atoms with van der Waals surface area (Å²) in [5.74, 6) is -1.24. The lowest BCUT2D eigenvalue weighted by Gasteiger charge is -2.31. The van der Waals surface area contributed by atoms with Gasteiger partial charge in [-0.15, -0.1) is 11.3 Å². The van der Waals surface area contributed by atoms with E-state index in [1.807, 2.05) is 24.3 Å². The second-order valence-electron chi connectivity index (χ2n) is 7.27. The quantitative estimate of drug-likeness (QED) is 0.384. The van der Waals surface area contributed by atoms with Crippen molar-refractivity contribution in [3.05, 3.63) is 57.1 Å². The zero-order valence-electron chi connectivity index (χ0n) is 17.0. The monoisotopic (exact) mass is 463 g/mol. The fourth-order valence-corrected chi connectivity index (χ4v) is 4.91. The van der Waals surface area contributed by atoms with Crippen LogP contribution in [-0.4, -0.2) is 47.5 Å². The van der Waals surface area contributed by atoms with Crippen molar-refractivity contribution in [2.45, 2.75) is 25.4 Å². The van der Waals surface area contributed by atoms with E-state index in [1.165, 1.54) is 12.0 Å². The van der Waals surface area contributed by atoms with Crippen LogP contribution in [0.2, 0.25) is 0 Å². The molecule has 0 unspecified atom stereocenters. The van der Waals surface area contributed by atoms with E-state index >= 15 is 0 Å². The summed E-state index contributed by atoms with van der Waals surface area (Å²) in [5, 5.41) is 12.5. The van der Waals surface area contributed by atoms with E-state index < -0.39 is 28.9 Å². The van der Waals surface area contributed by atoms with E-state index in [0.717, 1.165) is 33.8 Å². The number of fused-ring (bicyclic) bond motifs is 1. The van der Waals surface area contributed by atoms with E-state index in [9.17, 15) is 23.7 Å². The van der Waals surface area contributed by atoms with Crippen LogP contribution in [0.1, 0.15) is 34.1 Å². The molecule has 1 atom stereocenters. The molecule has 11 heteroatoms. The van der Waals surface area contributed by atoms with E-state index in [0.29, 0.717) is 19.5 Å². The number of para-hydroxylation sites is 1. The molecule has 1 aliphatic heterocycles. The van der Waals surface area contributed by atoms with Crippen molar-refractivity contribution >= 4 is 33.1 Å². The minimum absolute atomic E-state index is 0.00694. The van der Waals surface area contributed by atoms with Gasteiger partial charge in [-0.2, -0.15) is 8.78 Å². The SMILES string of the molecule is COc1cc(C(=O)N2CCC[C@H](c3nc4ccccc4s3)C2)c([N+](=O)[O-])cc1OC(F)F. The van der Waals surface area contributed by atoms with Crippen molar-refractivity contribution in [1.82, 2.24) is 9.88 Å². The second-order valence-corrected chi connectivity index (χ2v) is 8.33. The fraction of sp³-hybridized carbons (Fsp3) is 0.333. The topological polar surface area (TPSA) is 94.8 Å². The Morgan fingerprint density at radius 3 is 2.78 bits per heavy atom.